The molecule has 0 radical (unpaired) electrons. The van der Waals surface area contributed by atoms with E-state index in [1.165, 1.54) is 0 Å². The van der Waals surface area contributed by atoms with Crippen molar-refractivity contribution in [2.24, 2.45) is 5.84 Å². The molecule has 0 amide bonds. The Bertz CT molecular complexity index is 1040. The summed E-state index contributed by atoms with van der Waals surface area (Å²) in [5.41, 5.74) is 3.06. The predicted molar refractivity (Wildman–Crippen MR) is 119 cm³/mol. The second-order valence-electron chi connectivity index (χ2n) is 6.58. The lowest BCUT2D eigenvalue weighted by molar-refractivity contribution is 0.162. The highest BCUT2D eigenvalue weighted by Crippen LogP contribution is 2.33. The minimum absolute atomic E-state index is 0.345. The molecule has 4 aromatic rings. The Hall–Kier alpha value is -1.86. The van der Waals surface area contributed by atoms with E-state index in [2.05, 4.69) is 60.7 Å². The fourth-order valence-corrected chi connectivity index (χ4v) is 4.19. The average Bonchev–Trinajstić information content (AvgIpc) is 2.94. The third-order valence-electron chi connectivity index (χ3n) is 4.68. The maximum absolute atomic E-state index is 10.7. The van der Waals surface area contributed by atoms with Gasteiger partial charge in [0.25, 0.3) is 0 Å². The van der Waals surface area contributed by atoms with Gasteiger partial charge in [0.1, 0.15) is 0 Å². The number of rotatable bonds is 5. The Labute approximate surface area is 174 Å². The van der Waals surface area contributed by atoms with E-state index in [0.717, 1.165) is 36.4 Å². The van der Waals surface area contributed by atoms with E-state index in [0.29, 0.717) is 13.1 Å². The van der Waals surface area contributed by atoms with E-state index < -0.39 is 6.10 Å². The van der Waals surface area contributed by atoms with Crippen LogP contribution in [-0.4, -0.2) is 22.3 Å². The molecule has 138 valence electrons. The molecule has 0 spiro atoms. The second-order valence-corrected chi connectivity index (χ2v) is 8.41. The molecule has 3 aromatic carbocycles. The number of fused-ring (bicyclic) bond motifs is 3. The first kappa shape index (κ1) is 18.5. The number of nitrogens with two attached hydrogens (primary N) is 1. The van der Waals surface area contributed by atoms with Crippen molar-refractivity contribution in [3.8, 4) is 0 Å². The Morgan fingerprint density at radius 1 is 0.889 bits per heavy atom. The van der Waals surface area contributed by atoms with Gasteiger partial charge in [-0.1, -0.05) is 50.1 Å². The molecule has 27 heavy (non-hydrogen) atoms. The third kappa shape index (κ3) is 3.75. The van der Waals surface area contributed by atoms with Crippen molar-refractivity contribution in [2.45, 2.75) is 12.6 Å². The van der Waals surface area contributed by atoms with Crippen LogP contribution in [0, 0.1) is 0 Å². The molecule has 0 aliphatic rings. The molecule has 0 saturated carbocycles. The summed E-state index contributed by atoms with van der Waals surface area (Å²) in [6, 6.07) is 22.1. The molecule has 1 unspecified atom stereocenters. The van der Waals surface area contributed by atoms with Gasteiger partial charge >= 0.3 is 0 Å². The zero-order valence-electron chi connectivity index (χ0n) is 14.5. The third-order valence-corrected chi connectivity index (χ3v) is 5.66. The zero-order valence-corrected chi connectivity index (χ0v) is 17.7. The molecule has 1 atom stereocenters. The predicted octanol–water partition coefficient (Wildman–Crippen LogP) is 5.06. The quantitative estimate of drug-likeness (QED) is 0.305. The van der Waals surface area contributed by atoms with E-state index in [9.17, 15) is 5.11 Å². The monoisotopic (exact) mass is 487 g/mol. The van der Waals surface area contributed by atoms with Gasteiger partial charge in [0, 0.05) is 30.8 Å². The van der Waals surface area contributed by atoms with Crippen molar-refractivity contribution in [1.82, 2.24) is 4.57 Å². The van der Waals surface area contributed by atoms with Crippen LogP contribution in [0.5, 0.6) is 0 Å². The fourth-order valence-electron chi connectivity index (χ4n) is 3.47. The van der Waals surface area contributed by atoms with Crippen LogP contribution in [-0.2, 0) is 6.54 Å². The van der Waals surface area contributed by atoms with Crippen LogP contribution in [0.25, 0.3) is 21.8 Å². The SMILES string of the molecule is NN(CC(O)Cn1c2ccc(Br)cc2c2cc(Br)ccc21)c1ccccc1. The number of benzene rings is 3. The van der Waals surface area contributed by atoms with Gasteiger partial charge in [0.2, 0.25) is 0 Å². The summed E-state index contributed by atoms with van der Waals surface area (Å²) in [6.07, 6.45) is -0.610. The van der Waals surface area contributed by atoms with Gasteiger partial charge in [-0.25, -0.2) is 5.84 Å². The normalized spacial score (nSPS) is 12.6. The van der Waals surface area contributed by atoms with E-state index in [1.54, 1.807) is 5.01 Å². The minimum Gasteiger partial charge on any atom is -0.389 e. The number of hydrazine groups is 1. The molecular weight excluding hydrogens is 470 g/mol. The van der Waals surface area contributed by atoms with E-state index in [4.69, 9.17) is 5.84 Å². The van der Waals surface area contributed by atoms with E-state index in [-0.39, 0.29) is 0 Å². The minimum atomic E-state index is -0.610. The topological polar surface area (TPSA) is 54.4 Å². The number of para-hydroxylation sites is 1. The Morgan fingerprint density at radius 2 is 1.44 bits per heavy atom. The number of anilines is 1. The van der Waals surface area contributed by atoms with Crippen molar-refractivity contribution in [1.29, 1.82) is 0 Å². The molecule has 4 rings (SSSR count). The lowest BCUT2D eigenvalue weighted by atomic mass is 10.2. The Kier molecular flexibility index (Phi) is 5.23. The smallest absolute Gasteiger partial charge is 0.0909 e. The maximum Gasteiger partial charge on any atom is 0.0909 e. The van der Waals surface area contributed by atoms with Crippen molar-refractivity contribution < 1.29 is 5.11 Å². The van der Waals surface area contributed by atoms with Crippen LogP contribution in [0.1, 0.15) is 0 Å². The fraction of sp³-hybridized carbons (Fsp3) is 0.143. The number of aliphatic hydroxyl groups excluding tert-OH is 1. The summed E-state index contributed by atoms with van der Waals surface area (Å²) in [7, 11) is 0. The number of hydrogen-bond acceptors (Lipinski definition) is 3. The first-order chi connectivity index (χ1) is 13.0. The molecule has 1 aromatic heterocycles. The van der Waals surface area contributed by atoms with E-state index >= 15 is 0 Å². The molecule has 0 fully saturated rings. The van der Waals surface area contributed by atoms with Crippen LogP contribution in [0.15, 0.2) is 75.7 Å². The van der Waals surface area contributed by atoms with Crippen molar-refractivity contribution in [2.75, 3.05) is 11.6 Å². The first-order valence-corrected chi connectivity index (χ1v) is 10.2. The molecule has 4 nitrogen and oxygen atoms in total. The highest BCUT2D eigenvalue weighted by molar-refractivity contribution is 9.10. The van der Waals surface area contributed by atoms with Gasteiger partial charge in [-0.05, 0) is 48.5 Å². The first-order valence-electron chi connectivity index (χ1n) is 8.65. The van der Waals surface area contributed by atoms with Crippen LogP contribution in [0.4, 0.5) is 5.69 Å². The van der Waals surface area contributed by atoms with Gasteiger partial charge in [0.05, 0.1) is 24.9 Å². The van der Waals surface area contributed by atoms with Gasteiger partial charge in [0.15, 0.2) is 0 Å². The summed E-state index contributed by atoms with van der Waals surface area (Å²) in [5, 5.41) is 14.6. The summed E-state index contributed by atoms with van der Waals surface area (Å²) in [5.74, 6) is 6.14. The van der Waals surface area contributed by atoms with Gasteiger partial charge in [-0.15, -0.1) is 0 Å². The van der Waals surface area contributed by atoms with Gasteiger partial charge < -0.3 is 14.7 Å². The molecule has 0 aliphatic heterocycles. The summed E-state index contributed by atoms with van der Waals surface area (Å²) in [6.45, 7) is 0.808. The molecule has 6 heteroatoms. The Morgan fingerprint density at radius 3 is 2.00 bits per heavy atom. The molecule has 0 bridgehead atoms. The van der Waals surface area contributed by atoms with Crippen molar-refractivity contribution >= 4 is 59.4 Å². The maximum atomic E-state index is 10.7. The number of aliphatic hydroxyl groups is 1. The molecular formula is C21H19Br2N3O. The molecule has 0 saturated heterocycles. The van der Waals surface area contributed by atoms with Crippen LogP contribution >= 0.6 is 31.9 Å². The standard InChI is InChI=1S/C21H19Br2N3O/c22-14-6-8-20-18(10-14)19-11-15(23)7-9-21(19)25(20)12-17(27)13-26(24)16-4-2-1-3-5-16/h1-11,17,27H,12-13,24H2. The van der Waals surface area contributed by atoms with Gasteiger partial charge in [-0.2, -0.15) is 0 Å². The largest absolute Gasteiger partial charge is 0.389 e. The van der Waals surface area contributed by atoms with Gasteiger partial charge in [-0.3, -0.25) is 0 Å². The number of nitrogens with zero attached hydrogens (tertiary/aromatic N) is 2. The molecule has 3 N–H and O–H groups in total. The number of hydrogen-bond donors (Lipinski definition) is 2. The molecule has 1 heterocycles. The lowest BCUT2D eigenvalue weighted by Gasteiger charge is -2.23. The van der Waals surface area contributed by atoms with Crippen LogP contribution in [0.2, 0.25) is 0 Å². The van der Waals surface area contributed by atoms with Crippen LogP contribution < -0.4 is 10.9 Å². The second kappa shape index (κ2) is 7.64. The lowest BCUT2D eigenvalue weighted by Crippen LogP contribution is -2.39. The summed E-state index contributed by atoms with van der Waals surface area (Å²) in [4.78, 5) is 0. The average molecular weight is 489 g/mol. The Balaban J connectivity index is 1.68. The summed E-state index contributed by atoms with van der Waals surface area (Å²) >= 11 is 7.12. The zero-order chi connectivity index (χ0) is 19.0. The number of aromatic nitrogens is 1. The highest BCUT2D eigenvalue weighted by Gasteiger charge is 2.16. The highest BCUT2D eigenvalue weighted by atomic mass is 79.9. The summed E-state index contributed by atoms with van der Waals surface area (Å²) < 4.78 is 4.23. The van der Waals surface area contributed by atoms with Crippen molar-refractivity contribution in [3.63, 3.8) is 0 Å². The van der Waals surface area contributed by atoms with Crippen molar-refractivity contribution in [3.05, 3.63) is 75.7 Å². The van der Waals surface area contributed by atoms with E-state index in [1.807, 2.05) is 42.5 Å². The van der Waals surface area contributed by atoms with Crippen LogP contribution in [0.3, 0.4) is 0 Å². The number of halogens is 2. The molecule has 0 aliphatic carbocycles.